The van der Waals surface area contributed by atoms with Gasteiger partial charge in [0.15, 0.2) is 0 Å². The summed E-state index contributed by atoms with van der Waals surface area (Å²) in [6.07, 6.45) is 0. The molecule has 0 bridgehead atoms. The number of hydrogen-bond donors (Lipinski definition) is 2. The Kier molecular flexibility index (Phi) is 3.92. The molecule has 0 aliphatic carbocycles. The van der Waals surface area contributed by atoms with Crippen molar-refractivity contribution in [3.63, 3.8) is 0 Å². The van der Waals surface area contributed by atoms with Crippen molar-refractivity contribution in [1.82, 2.24) is 15.3 Å². The minimum Gasteiger partial charge on any atom is -0.341 e. The maximum Gasteiger partial charge on any atom is 0.124 e. The summed E-state index contributed by atoms with van der Waals surface area (Å²) >= 11 is 5.27. The van der Waals surface area contributed by atoms with Crippen LogP contribution < -0.4 is 5.32 Å². The molecule has 3 rings (SSSR count). The maximum absolute atomic E-state index is 4.64. The van der Waals surface area contributed by atoms with Crippen molar-refractivity contribution in [2.45, 2.75) is 25.9 Å². The Morgan fingerprint density at radius 1 is 1.15 bits per heavy atom. The Balaban J connectivity index is 1.76. The molecule has 104 valence electrons. The number of fused-ring (bicyclic) bond motifs is 1. The highest BCUT2D eigenvalue weighted by atomic mass is 79.9. The van der Waals surface area contributed by atoms with E-state index in [0.29, 0.717) is 6.04 Å². The number of rotatable bonds is 4. The van der Waals surface area contributed by atoms with Crippen molar-refractivity contribution in [3.8, 4) is 0 Å². The second-order valence-electron chi connectivity index (χ2n) is 4.89. The van der Waals surface area contributed by atoms with Crippen LogP contribution in [-0.4, -0.2) is 9.97 Å². The van der Waals surface area contributed by atoms with Gasteiger partial charge in [-0.05, 0) is 54.0 Å². The highest BCUT2D eigenvalue weighted by Gasteiger charge is 2.15. The first-order valence-electron chi connectivity index (χ1n) is 6.59. The summed E-state index contributed by atoms with van der Waals surface area (Å²) in [6.45, 7) is 4.31. The van der Waals surface area contributed by atoms with Gasteiger partial charge in [0.25, 0.3) is 0 Å². The van der Waals surface area contributed by atoms with Gasteiger partial charge in [-0.1, -0.05) is 12.1 Å². The lowest BCUT2D eigenvalue weighted by Crippen LogP contribution is -2.22. The average molecular weight is 350 g/mol. The lowest BCUT2D eigenvalue weighted by atomic mass is 10.2. The van der Waals surface area contributed by atoms with Crippen LogP contribution in [0.3, 0.4) is 0 Å². The largest absolute Gasteiger partial charge is 0.341 e. The van der Waals surface area contributed by atoms with Crippen LogP contribution in [-0.2, 0) is 0 Å². The minimum atomic E-state index is 0.179. The Morgan fingerprint density at radius 2 is 1.95 bits per heavy atom. The van der Waals surface area contributed by atoms with E-state index >= 15 is 0 Å². The van der Waals surface area contributed by atoms with Crippen molar-refractivity contribution in [2.24, 2.45) is 0 Å². The summed E-state index contributed by atoms with van der Waals surface area (Å²) in [6, 6.07) is 12.8. The second-order valence-corrected chi connectivity index (χ2v) is 7.39. The van der Waals surface area contributed by atoms with Crippen LogP contribution in [0.4, 0.5) is 0 Å². The number of benzene rings is 1. The standard InChI is InChI=1S/C15H16BrN3S/c1-9(13-7-8-14(16)20-13)17-10(2)15-18-11-5-3-4-6-12(11)19-15/h3-10,17H,1-2H3,(H,18,19). The fourth-order valence-corrected chi connectivity index (χ4v) is 3.71. The third-order valence-electron chi connectivity index (χ3n) is 3.34. The molecule has 5 heteroatoms. The fourth-order valence-electron chi connectivity index (χ4n) is 2.27. The lowest BCUT2D eigenvalue weighted by Gasteiger charge is -2.17. The van der Waals surface area contributed by atoms with E-state index in [-0.39, 0.29) is 6.04 Å². The maximum atomic E-state index is 4.64. The second kappa shape index (κ2) is 5.68. The van der Waals surface area contributed by atoms with Crippen molar-refractivity contribution in [1.29, 1.82) is 0 Å². The molecule has 3 aromatic rings. The zero-order valence-corrected chi connectivity index (χ0v) is 13.8. The summed E-state index contributed by atoms with van der Waals surface area (Å²) in [5.74, 6) is 0.980. The number of H-pyrrole nitrogens is 1. The molecule has 0 amide bonds. The third kappa shape index (κ3) is 2.80. The van der Waals surface area contributed by atoms with Crippen LogP contribution in [0, 0.1) is 0 Å². The van der Waals surface area contributed by atoms with Gasteiger partial charge >= 0.3 is 0 Å². The van der Waals surface area contributed by atoms with Gasteiger partial charge in [0.1, 0.15) is 5.82 Å². The Bertz CT molecular complexity index is 686. The van der Waals surface area contributed by atoms with Crippen LogP contribution in [0.5, 0.6) is 0 Å². The summed E-state index contributed by atoms with van der Waals surface area (Å²) in [7, 11) is 0. The van der Waals surface area contributed by atoms with E-state index in [1.165, 1.54) is 4.88 Å². The predicted octanol–water partition coefficient (Wildman–Crippen LogP) is 4.80. The third-order valence-corrected chi connectivity index (χ3v) is 5.14. The molecule has 2 atom stereocenters. The van der Waals surface area contributed by atoms with E-state index in [4.69, 9.17) is 0 Å². The van der Waals surface area contributed by atoms with Gasteiger partial charge in [0.05, 0.1) is 20.9 Å². The molecule has 0 radical (unpaired) electrons. The first-order valence-corrected chi connectivity index (χ1v) is 8.20. The SMILES string of the molecule is CC(NC(C)c1ccc(Br)s1)c1nc2ccccc2[nH]1. The zero-order valence-electron chi connectivity index (χ0n) is 11.4. The number of aromatic amines is 1. The normalized spacial score (nSPS) is 14.6. The van der Waals surface area contributed by atoms with E-state index in [9.17, 15) is 0 Å². The number of para-hydroxylation sites is 2. The van der Waals surface area contributed by atoms with E-state index in [1.807, 2.05) is 18.2 Å². The lowest BCUT2D eigenvalue weighted by molar-refractivity contribution is 0.485. The zero-order chi connectivity index (χ0) is 14.1. The van der Waals surface area contributed by atoms with Crippen LogP contribution in [0.2, 0.25) is 0 Å². The first-order chi connectivity index (χ1) is 9.63. The average Bonchev–Trinajstić information content (AvgIpc) is 3.04. The van der Waals surface area contributed by atoms with Crippen molar-refractivity contribution < 1.29 is 0 Å². The molecule has 3 nitrogen and oxygen atoms in total. The summed E-state index contributed by atoms with van der Waals surface area (Å²) in [5.41, 5.74) is 2.10. The topological polar surface area (TPSA) is 40.7 Å². The van der Waals surface area contributed by atoms with E-state index < -0.39 is 0 Å². The van der Waals surface area contributed by atoms with Gasteiger partial charge in [-0.3, -0.25) is 0 Å². The monoisotopic (exact) mass is 349 g/mol. The molecular formula is C15H16BrN3S. The predicted molar refractivity (Wildman–Crippen MR) is 88.1 cm³/mol. The highest BCUT2D eigenvalue weighted by molar-refractivity contribution is 9.11. The van der Waals surface area contributed by atoms with Gasteiger partial charge < -0.3 is 10.3 Å². The summed E-state index contributed by atoms with van der Waals surface area (Å²) in [4.78, 5) is 9.34. The van der Waals surface area contributed by atoms with Crippen LogP contribution in [0.1, 0.15) is 36.6 Å². The molecule has 2 unspecified atom stereocenters. The molecule has 2 aromatic heterocycles. The van der Waals surface area contributed by atoms with Gasteiger partial charge in [0.2, 0.25) is 0 Å². The minimum absolute atomic E-state index is 0.179. The quantitative estimate of drug-likeness (QED) is 0.710. The van der Waals surface area contributed by atoms with Crippen molar-refractivity contribution in [2.75, 3.05) is 0 Å². The highest BCUT2D eigenvalue weighted by Crippen LogP contribution is 2.28. The number of nitrogens with zero attached hydrogens (tertiary/aromatic N) is 1. The van der Waals surface area contributed by atoms with Gasteiger partial charge in [-0.25, -0.2) is 4.98 Å². The molecule has 0 saturated carbocycles. The van der Waals surface area contributed by atoms with Crippen LogP contribution >= 0.6 is 27.3 Å². The summed E-state index contributed by atoms with van der Waals surface area (Å²) < 4.78 is 1.16. The number of imidazole rings is 1. The van der Waals surface area contributed by atoms with Gasteiger partial charge in [0, 0.05) is 10.9 Å². The number of hydrogen-bond acceptors (Lipinski definition) is 3. The first kappa shape index (κ1) is 13.8. The number of nitrogens with one attached hydrogen (secondary N) is 2. The molecule has 2 N–H and O–H groups in total. The van der Waals surface area contributed by atoms with Crippen LogP contribution in [0.15, 0.2) is 40.2 Å². The molecule has 0 spiro atoms. The van der Waals surface area contributed by atoms with Crippen molar-refractivity contribution >= 4 is 38.3 Å². The van der Waals surface area contributed by atoms with E-state index in [1.54, 1.807) is 11.3 Å². The molecule has 0 aliphatic rings. The molecule has 1 aromatic carbocycles. The Hall–Kier alpha value is -1.17. The molecular weight excluding hydrogens is 334 g/mol. The Labute approximate surface area is 130 Å². The number of thiophene rings is 1. The Morgan fingerprint density at radius 3 is 2.65 bits per heavy atom. The van der Waals surface area contributed by atoms with Gasteiger partial charge in [-0.15, -0.1) is 11.3 Å². The van der Waals surface area contributed by atoms with E-state index in [2.05, 4.69) is 63.3 Å². The van der Waals surface area contributed by atoms with Crippen molar-refractivity contribution in [3.05, 3.63) is 50.9 Å². The molecule has 0 fully saturated rings. The number of aromatic nitrogens is 2. The summed E-state index contributed by atoms with van der Waals surface area (Å²) in [5, 5.41) is 3.58. The van der Waals surface area contributed by atoms with Gasteiger partial charge in [-0.2, -0.15) is 0 Å². The number of halogens is 1. The molecule has 0 aliphatic heterocycles. The molecule has 0 saturated heterocycles. The van der Waals surface area contributed by atoms with E-state index in [0.717, 1.165) is 20.6 Å². The molecule has 20 heavy (non-hydrogen) atoms. The smallest absolute Gasteiger partial charge is 0.124 e. The fraction of sp³-hybridized carbons (Fsp3) is 0.267. The van der Waals surface area contributed by atoms with Crippen LogP contribution in [0.25, 0.3) is 11.0 Å². The molecule has 2 heterocycles.